The number of methoxy groups -OCH3 is 1. The van der Waals surface area contributed by atoms with E-state index >= 15 is 0 Å². The normalized spacial score (nSPS) is 10.6. The van der Waals surface area contributed by atoms with E-state index in [1.54, 1.807) is 67.8 Å². The predicted octanol–water partition coefficient (Wildman–Crippen LogP) is 5.12. The van der Waals surface area contributed by atoms with Crippen molar-refractivity contribution in [3.8, 4) is 11.5 Å². The van der Waals surface area contributed by atoms with Gasteiger partial charge in [-0.3, -0.25) is 4.79 Å². The molecule has 0 radical (unpaired) electrons. The van der Waals surface area contributed by atoms with Crippen LogP contribution in [0.5, 0.6) is 11.5 Å². The monoisotopic (exact) mass is 372 g/mol. The zero-order chi connectivity index (χ0) is 19.9. The van der Waals surface area contributed by atoms with E-state index in [4.69, 9.17) is 9.47 Å². The second-order valence-electron chi connectivity index (χ2n) is 6.22. The first-order valence-corrected chi connectivity index (χ1v) is 8.81. The van der Waals surface area contributed by atoms with Crippen molar-refractivity contribution in [2.24, 2.45) is 0 Å². The minimum Gasteiger partial charge on any atom is -0.497 e. The van der Waals surface area contributed by atoms with Crippen molar-refractivity contribution in [2.45, 2.75) is 6.92 Å². The van der Waals surface area contributed by atoms with E-state index in [-0.39, 0.29) is 5.78 Å². The Balaban J connectivity index is 1.75. The molecule has 0 bridgehead atoms. The summed E-state index contributed by atoms with van der Waals surface area (Å²) in [7, 11) is 1.57. The molecule has 0 saturated heterocycles. The van der Waals surface area contributed by atoms with Gasteiger partial charge in [0.2, 0.25) is 0 Å². The van der Waals surface area contributed by atoms with E-state index in [0.29, 0.717) is 28.2 Å². The molecule has 0 spiro atoms. The molecule has 4 heteroatoms. The Kier molecular flexibility index (Phi) is 6.02. The van der Waals surface area contributed by atoms with Gasteiger partial charge in [0.15, 0.2) is 5.78 Å². The molecule has 0 heterocycles. The smallest absolute Gasteiger partial charge is 0.343 e. The first-order valence-electron chi connectivity index (χ1n) is 8.81. The minimum atomic E-state index is -0.442. The maximum absolute atomic E-state index is 12.4. The van der Waals surface area contributed by atoms with Gasteiger partial charge in [-0.05, 0) is 61.5 Å². The lowest BCUT2D eigenvalue weighted by Crippen LogP contribution is -2.09. The van der Waals surface area contributed by atoms with E-state index < -0.39 is 5.97 Å². The summed E-state index contributed by atoms with van der Waals surface area (Å²) in [6.45, 7) is 1.95. The van der Waals surface area contributed by atoms with Crippen molar-refractivity contribution in [1.82, 2.24) is 0 Å². The van der Waals surface area contributed by atoms with Gasteiger partial charge in [0.1, 0.15) is 11.5 Å². The molecule has 0 atom stereocenters. The number of para-hydroxylation sites is 1. The molecule has 28 heavy (non-hydrogen) atoms. The predicted molar refractivity (Wildman–Crippen MR) is 109 cm³/mol. The molecule has 0 saturated carbocycles. The van der Waals surface area contributed by atoms with Gasteiger partial charge >= 0.3 is 5.97 Å². The molecular weight excluding hydrogens is 352 g/mol. The Morgan fingerprint density at radius 1 is 0.821 bits per heavy atom. The Morgan fingerprint density at radius 3 is 2.14 bits per heavy atom. The topological polar surface area (TPSA) is 52.6 Å². The van der Waals surface area contributed by atoms with Crippen molar-refractivity contribution < 1.29 is 19.1 Å². The van der Waals surface area contributed by atoms with Crippen LogP contribution in [0.3, 0.4) is 0 Å². The fourth-order valence-electron chi connectivity index (χ4n) is 2.58. The summed E-state index contributed by atoms with van der Waals surface area (Å²) in [5.74, 6) is 0.491. The van der Waals surface area contributed by atoms with Crippen LogP contribution in [0.1, 0.15) is 31.8 Å². The molecular formula is C24H20O4. The van der Waals surface area contributed by atoms with Crippen LogP contribution < -0.4 is 9.47 Å². The zero-order valence-corrected chi connectivity index (χ0v) is 15.7. The van der Waals surface area contributed by atoms with Crippen LogP contribution in [0, 0.1) is 6.92 Å². The van der Waals surface area contributed by atoms with Crippen LogP contribution in [-0.4, -0.2) is 18.9 Å². The van der Waals surface area contributed by atoms with E-state index in [9.17, 15) is 9.59 Å². The number of esters is 1. The summed E-state index contributed by atoms with van der Waals surface area (Å²) >= 11 is 0. The molecule has 0 unspecified atom stereocenters. The van der Waals surface area contributed by atoms with Crippen LogP contribution in [0.15, 0.2) is 78.9 Å². The average Bonchev–Trinajstić information content (AvgIpc) is 2.73. The molecule has 0 aliphatic rings. The summed E-state index contributed by atoms with van der Waals surface area (Å²) < 4.78 is 10.6. The number of ether oxygens (including phenoxy) is 2. The molecule has 3 aromatic carbocycles. The number of aryl methyl sites for hydroxylation is 1. The van der Waals surface area contributed by atoms with Crippen molar-refractivity contribution in [1.29, 1.82) is 0 Å². The third-order valence-electron chi connectivity index (χ3n) is 4.20. The fourth-order valence-corrected chi connectivity index (χ4v) is 2.58. The fraction of sp³-hybridized carbons (Fsp3) is 0.0833. The summed E-state index contributed by atoms with van der Waals surface area (Å²) in [6, 6.07) is 21.1. The number of ketones is 1. The highest BCUT2D eigenvalue weighted by Gasteiger charge is 2.10. The van der Waals surface area contributed by atoms with Gasteiger partial charge in [-0.2, -0.15) is 0 Å². The molecule has 3 aromatic rings. The first-order chi connectivity index (χ1) is 13.6. The molecule has 4 nitrogen and oxygen atoms in total. The highest BCUT2D eigenvalue weighted by atomic mass is 16.5. The van der Waals surface area contributed by atoms with Gasteiger partial charge in [0, 0.05) is 11.1 Å². The van der Waals surface area contributed by atoms with Gasteiger partial charge in [-0.15, -0.1) is 0 Å². The van der Waals surface area contributed by atoms with Crippen LogP contribution >= 0.6 is 0 Å². The van der Waals surface area contributed by atoms with E-state index in [1.165, 1.54) is 6.08 Å². The van der Waals surface area contributed by atoms with Gasteiger partial charge in [0.25, 0.3) is 0 Å². The Bertz CT molecular complexity index is 1000. The standard InChI is InChI=1S/C24H20O4/c1-17-7-9-20(10-8-17)24(26)28-23-6-4-3-5-19(23)13-16-22(25)18-11-14-21(27-2)15-12-18/h3-16H,1-2H3/b16-13+. The third kappa shape index (κ3) is 4.74. The van der Waals surface area contributed by atoms with E-state index in [1.807, 2.05) is 25.1 Å². The first kappa shape index (κ1) is 19.1. The van der Waals surface area contributed by atoms with Crippen LogP contribution in [0.4, 0.5) is 0 Å². The maximum atomic E-state index is 12.4. The molecule has 0 aromatic heterocycles. The molecule has 140 valence electrons. The van der Waals surface area contributed by atoms with Crippen LogP contribution in [0.25, 0.3) is 6.08 Å². The average molecular weight is 372 g/mol. The number of hydrogen-bond donors (Lipinski definition) is 0. The highest BCUT2D eigenvalue weighted by Crippen LogP contribution is 2.21. The SMILES string of the molecule is COc1ccc(C(=O)/C=C/c2ccccc2OC(=O)c2ccc(C)cc2)cc1. The molecule has 0 N–H and O–H groups in total. The third-order valence-corrected chi connectivity index (χ3v) is 4.20. The second kappa shape index (κ2) is 8.82. The van der Waals surface area contributed by atoms with E-state index in [2.05, 4.69) is 0 Å². The molecule has 0 fully saturated rings. The second-order valence-corrected chi connectivity index (χ2v) is 6.22. The Labute approximate surface area is 164 Å². The van der Waals surface area contributed by atoms with Crippen molar-refractivity contribution in [2.75, 3.05) is 7.11 Å². The molecule has 0 aliphatic heterocycles. The lowest BCUT2D eigenvalue weighted by Gasteiger charge is -2.07. The summed E-state index contributed by atoms with van der Waals surface area (Å²) in [5.41, 5.74) is 2.73. The van der Waals surface area contributed by atoms with Gasteiger partial charge < -0.3 is 9.47 Å². The number of rotatable bonds is 6. The molecule has 0 aliphatic carbocycles. The number of allylic oxidation sites excluding steroid dienone is 1. The van der Waals surface area contributed by atoms with Crippen LogP contribution in [0.2, 0.25) is 0 Å². The molecule has 3 rings (SSSR count). The largest absolute Gasteiger partial charge is 0.497 e. The maximum Gasteiger partial charge on any atom is 0.343 e. The number of benzene rings is 3. The number of carbonyl (C=O) groups excluding carboxylic acids is 2. The Hall–Kier alpha value is -3.66. The van der Waals surface area contributed by atoms with Gasteiger partial charge in [-0.25, -0.2) is 4.79 Å². The lowest BCUT2D eigenvalue weighted by molar-refractivity contribution is 0.0734. The lowest BCUT2D eigenvalue weighted by atomic mass is 10.1. The molecule has 0 amide bonds. The summed E-state index contributed by atoms with van der Waals surface area (Å²) in [6.07, 6.45) is 3.10. The summed E-state index contributed by atoms with van der Waals surface area (Å²) in [5, 5.41) is 0. The van der Waals surface area contributed by atoms with Crippen molar-refractivity contribution >= 4 is 17.8 Å². The number of hydrogen-bond acceptors (Lipinski definition) is 4. The van der Waals surface area contributed by atoms with Gasteiger partial charge in [0.05, 0.1) is 12.7 Å². The quantitative estimate of drug-likeness (QED) is 0.261. The van der Waals surface area contributed by atoms with Gasteiger partial charge in [-0.1, -0.05) is 35.9 Å². The van der Waals surface area contributed by atoms with Crippen LogP contribution in [-0.2, 0) is 0 Å². The summed E-state index contributed by atoms with van der Waals surface area (Å²) in [4.78, 5) is 24.7. The van der Waals surface area contributed by atoms with Crippen molar-refractivity contribution in [3.63, 3.8) is 0 Å². The van der Waals surface area contributed by atoms with Crippen molar-refractivity contribution in [3.05, 3.63) is 101 Å². The highest BCUT2D eigenvalue weighted by molar-refractivity contribution is 6.07. The Morgan fingerprint density at radius 2 is 1.46 bits per heavy atom. The minimum absolute atomic E-state index is 0.151. The van der Waals surface area contributed by atoms with E-state index in [0.717, 1.165) is 5.56 Å². The zero-order valence-electron chi connectivity index (χ0n) is 15.7. The number of carbonyl (C=O) groups is 2.